The number of aryl methyl sites for hydroxylation is 1. The van der Waals surface area contributed by atoms with E-state index in [0.29, 0.717) is 12.1 Å². The number of nitrogens with zero attached hydrogens (tertiary/aromatic N) is 2. The van der Waals surface area contributed by atoms with Crippen molar-refractivity contribution in [3.63, 3.8) is 0 Å². The second-order valence-electron chi connectivity index (χ2n) is 8.80. The van der Waals surface area contributed by atoms with E-state index in [-0.39, 0.29) is 11.7 Å². The molecule has 2 amide bonds. The number of nitrogens with one attached hydrogen (secondary N) is 2. The summed E-state index contributed by atoms with van der Waals surface area (Å²) in [4.78, 5) is 29.5. The van der Waals surface area contributed by atoms with E-state index in [2.05, 4.69) is 45.7 Å². The maximum absolute atomic E-state index is 13.7. The van der Waals surface area contributed by atoms with Gasteiger partial charge in [-0.25, -0.2) is 4.39 Å². The Balaban J connectivity index is 1.44. The van der Waals surface area contributed by atoms with Crippen LogP contribution in [-0.2, 0) is 16.0 Å². The van der Waals surface area contributed by atoms with E-state index in [1.54, 1.807) is 19.1 Å². The molecular formula is C25H31FN4O2. The first-order valence-corrected chi connectivity index (χ1v) is 11.4. The highest BCUT2D eigenvalue weighted by Crippen LogP contribution is 2.32. The highest BCUT2D eigenvalue weighted by atomic mass is 19.1. The van der Waals surface area contributed by atoms with Crippen molar-refractivity contribution in [2.75, 3.05) is 43.4 Å². The summed E-state index contributed by atoms with van der Waals surface area (Å²) in [6.45, 7) is 4.97. The van der Waals surface area contributed by atoms with Crippen LogP contribution < -0.4 is 15.5 Å². The maximum atomic E-state index is 13.7. The van der Waals surface area contributed by atoms with E-state index in [1.807, 2.05) is 0 Å². The van der Waals surface area contributed by atoms with Gasteiger partial charge in [0.25, 0.3) is 0 Å². The average molecular weight is 439 g/mol. The van der Waals surface area contributed by atoms with E-state index in [9.17, 15) is 14.0 Å². The first-order valence-electron chi connectivity index (χ1n) is 11.4. The SMILES string of the molecule is Cc1ccc(NC(=O)C(=O)NCC(c2ccc3c(c2)CCN3C)N2CCCCC2)cc1F. The van der Waals surface area contributed by atoms with Gasteiger partial charge >= 0.3 is 11.8 Å². The molecule has 170 valence electrons. The quantitative estimate of drug-likeness (QED) is 0.703. The Morgan fingerprint density at radius 3 is 2.56 bits per heavy atom. The van der Waals surface area contributed by atoms with Gasteiger partial charge in [-0.2, -0.15) is 0 Å². The van der Waals surface area contributed by atoms with Gasteiger partial charge in [0.1, 0.15) is 5.82 Å². The van der Waals surface area contributed by atoms with Crippen molar-refractivity contribution in [1.29, 1.82) is 0 Å². The Morgan fingerprint density at radius 2 is 1.81 bits per heavy atom. The van der Waals surface area contributed by atoms with Gasteiger partial charge in [0, 0.05) is 31.5 Å². The monoisotopic (exact) mass is 438 g/mol. The number of likely N-dealkylation sites (tertiary alicyclic amines) is 1. The Bertz CT molecular complexity index is 1000. The van der Waals surface area contributed by atoms with E-state index in [4.69, 9.17) is 0 Å². The third-order valence-corrected chi connectivity index (χ3v) is 6.54. The van der Waals surface area contributed by atoms with Gasteiger partial charge in [0.2, 0.25) is 0 Å². The Hall–Kier alpha value is -2.93. The van der Waals surface area contributed by atoms with Crippen LogP contribution in [-0.4, -0.2) is 49.9 Å². The van der Waals surface area contributed by atoms with E-state index >= 15 is 0 Å². The smallest absolute Gasteiger partial charge is 0.313 e. The fraction of sp³-hybridized carbons (Fsp3) is 0.440. The molecule has 0 saturated carbocycles. The zero-order chi connectivity index (χ0) is 22.7. The lowest BCUT2D eigenvalue weighted by molar-refractivity contribution is -0.136. The molecule has 2 N–H and O–H groups in total. The van der Waals surface area contributed by atoms with Crippen molar-refractivity contribution in [3.8, 4) is 0 Å². The number of hydrogen-bond acceptors (Lipinski definition) is 4. The van der Waals surface area contributed by atoms with E-state index in [1.165, 1.54) is 29.3 Å². The predicted octanol–water partition coefficient (Wildman–Crippen LogP) is 3.41. The molecule has 2 aliphatic heterocycles. The third-order valence-electron chi connectivity index (χ3n) is 6.54. The van der Waals surface area contributed by atoms with Crippen LogP contribution in [0.4, 0.5) is 15.8 Å². The molecule has 2 aromatic carbocycles. The molecule has 32 heavy (non-hydrogen) atoms. The number of anilines is 2. The zero-order valence-electron chi connectivity index (χ0n) is 18.8. The van der Waals surface area contributed by atoms with Crippen molar-refractivity contribution >= 4 is 23.2 Å². The molecule has 2 heterocycles. The molecule has 7 heteroatoms. The Labute approximate surface area is 188 Å². The third kappa shape index (κ3) is 4.93. The molecular weight excluding hydrogens is 407 g/mol. The predicted molar refractivity (Wildman–Crippen MR) is 124 cm³/mol. The second kappa shape index (κ2) is 9.69. The van der Waals surface area contributed by atoms with Crippen LogP contribution in [0.5, 0.6) is 0 Å². The number of amides is 2. The Kier molecular flexibility index (Phi) is 6.74. The zero-order valence-corrected chi connectivity index (χ0v) is 18.8. The van der Waals surface area contributed by atoms with Crippen LogP contribution >= 0.6 is 0 Å². The van der Waals surface area contributed by atoms with Gasteiger partial charge in [0.05, 0.1) is 6.04 Å². The average Bonchev–Trinajstić information content (AvgIpc) is 3.17. The number of hydrogen-bond donors (Lipinski definition) is 2. The molecule has 0 bridgehead atoms. The summed E-state index contributed by atoms with van der Waals surface area (Å²) in [5.74, 6) is -1.93. The van der Waals surface area contributed by atoms with Gasteiger partial charge in [-0.1, -0.05) is 24.6 Å². The van der Waals surface area contributed by atoms with Crippen LogP contribution in [0, 0.1) is 12.7 Å². The van der Waals surface area contributed by atoms with E-state index in [0.717, 1.165) is 38.9 Å². The van der Waals surface area contributed by atoms with Crippen LogP contribution in [0.2, 0.25) is 0 Å². The molecule has 2 aliphatic rings. The fourth-order valence-electron chi connectivity index (χ4n) is 4.61. The minimum absolute atomic E-state index is 0.0140. The minimum Gasteiger partial charge on any atom is -0.374 e. The molecule has 1 atom stereocenters. The van der Waals surface area contributed by atoms with Crippen LogP contribution in [0.1, 0.15) is 42.0 Å². The number of benzene rings is 2. The lowest BCUT2D eigenvalue weighted by atomic mass is 9.98. The summed E-state index contributed by atoms with van der Waals surface area (Å²) in [5, 5.41) is 5.29. The number of fused-ring (bicyclic) bond motifs is 1. The van der Waals surface area contributed by atoms with Crippen molar-refractivity contribution < 1.29 is 14.0 Å². The lowest BCUT2D eigenvalue weighted by Gasteiger charge is -2.35. The minimum atomic E-state index is -0.791. The summed E-state index contributed by atoms with van der Waals surface area (Å²) in [5.41, 5.74) is 4.51. The summed E-state index contributed by atoms with van der Waals surface area (Å²) in [6.07, 6.45) is 4.52. The standard InChI is InChI=1S/C25H31FN4O2/c1-17-6-8-20(15-21(17)26)28-25(32)24(31)27-16-23(30-11-4-3-5-12-30)18-7-9-22-19(14-18)10-13-29(22)2/h6-9,14-15,23H,3-5,10-13,16H2,1-2H3,(H,27,31)(H,28,32). The molecule has 2 aromatic rings. The molecule has 6 nitrogen and oxygen atoms in total. The Morgan fingerprint density at radius 1 is 1.03 bits per heavy atom. The largest absolute Gasteiger partial charge is 0.374 e. The van der Waals surface area contributed by atoms with Crippen molar-refractivity contribution in [2.24, 2.45) is 0 Å². The number of likely N-dealkylation sites (N-methyl/N-ethyl adjacent to an activating group) is 1. The van der Waals surface area contributed by atoms with E-state index < -0.39 is 17.6 Å². The van der Waals surface area contributed by atoms with Gasteiger partial charge in [-0.3, -0.25) is 14.5 Å². The number of carbonyl (C=O) groups is 2. The topological polar surface area (TPSA) is 64.7 Å². The molecule has 0 aliphatic carbocycles. The highest BCUT2D eigenvalue weighted by Gasteiger charge is 2.26. The van der Waals surface area contributed by atoms with Crippen molar-refractivity contribution in [2.45, 2.75) is 38.6 Å². The number of carbonyl (C=O) groups excluding carboxylic acids is 2. The molecule has 0 spiro atoms. The molecule has 0 radical (unpaired) electrons. The summed E-state index contributed by atoms with van der Waals surface area (Å²) < 4.78 is 13.7. The number of rotatable bonds is 5. The summed E-state index contributed by atoms with van der Waals surface area (Å²) in [7, 11) is 2.10. The second-order valence-corrected chi connectivity index (χ2v) is 8.80. The van der Waals surface area contributed by atoms with Crippen LogP contribution in [0.25, 0.3) is 0 Å². The number of halogens is 1. The van der Waals surface area contributed by atoms with Crippen LogP contribution in [0.15, 0.2) is 36.4 Å². The van der Waals surface area contributed by atoms with Gasteiger partial charge < -0.3 is 15.5 Å². The normalized spacial score (nSPS) is 17.0. The molecule has 1 unspecified atom stereocenters. The first kappa shape index (κ1) is 22.3. The maximum Gasteiger partial charge on any atom is 0.313 e. The van der Waals surface area contributed by atoms with Gasteiger partial charge in [-0.15, -0.1) is 0 Å². The molecule has 0 aromatic heterocycles. The van der Waals surface area contributed by atoms with Gasteiger partial charge in [-0.05, 0) is 74.2 Å². The van der Waals surface area contributed by atoms with Crippen LogP contribution in [0.3, 0.4) is 0 Å². The first-order chi connectivity index (χ1) is 15.4. The molecule has 1 saturated heterocycles. The van der Waals surface area contributed by atoms with Gasteiger partial charge in [0.15, 0.2) is 0 Å². The fourth-order valence-corrected chi connectivity index (χ4v) is 4.61. The highest BCUT2D eigenvalue weighted by molar-refractivity contribution is 6.39. The summed E-state index contributed by atoms with van der Waals surface area (Å²) in [6, 6.07) is 10.9. The molecule has 4 rings (SSSR count). The van der Waals surface area contributed by atoms with Crippen molar-refractivity contribution in [3.05, 3.63) is 58.9 Å². The van der Waals surface area contributed by atoms with Crippen molar-refractivity contribution in [1.82, 2.24) is 10.2 Å². The number of piperidine rings is 1. The summed E-state index contributed by atoms with van der Waals surface area (Å²) >= 11 is 0. The molecule has 1 fully saturated rings. The lowest BCUT2D eigenvalue weighted by Crippen LogP contribution is -2.43.